The third kappa shape index (κ3) is 3.15. The van der Waals surface area contributed by atoms with Gasteiger partial charge in [0.25, 0.3) is 10.2 Å². The lowest BCUT2D eigenvalue weighted by atomic mass is 10.2. The predicted molar refractivity (Wildman–Crippen MR) is 39.8 cm³/mol. The summed E-state index contributed by atoms with van der Waals surface area (Å²) in [4.78, 5) is 0. The summed E-state index contributed by atoms with van der Waals surface area (Å²) in [6, 6.07) is -0.384. The van der Waals surface area contributed by atoms with Crippen molar-refractivity contribution in [1.29, 1.82) is 0 Å². The molecular formula is C5H12N2O3S. The summed E-state index contributed by atoms with van der Waals surface area (Å²) in [7, 11) is -3.65. The number of rotatable bonds is 4. The first-order valence-corrected chi connectivity index (χ1v) is 4.98. The van der Waals surface area contributed by atoms with Crippen LogP contribution in [-0.4, -0.2) is 26.2 Å². The minimum atomic E-state index is -3.65. The van der Waals surface area contributed by atoms with Crippen LogP contribution < -0.4 is 9.86 Å². The second kappa shape index (κ2) is 3.06. The zero-order valence-corrected chi connectivity index (χ0v) is 6.84. The van der Waals surface area contributed by atoms with Crippen molar-refractivity contribution in [2.75, 3.05) is 6.61 Å². The molecule has 1 fully saturated rings. The minimum Gasteiger partial charge on any atom is -0.395 e. The van der Waals surface area contributed by atoms with Gasteiger partial charge >= 0.3 is 0 Å². The highest BCUT2D eigenvalue weighted by Gasteiger charge is 2.32. The Morgan fingerprint density at radius 1 is 1.64 bits per heavy atom. The van der Waals surface area contributed by atoms with Gasteiger partial charge in [0.1, 0.15) is 0 Å². The third-order valence-corrected chi connectivity index (χ3v) is 2.33. The fourth-order valence-electron chi connectivity index (χ4n) is 0.992. The van der Waals surface area contributed by atoms with Crippen LogP contribution in [0, 0.1) is 5.92 Å². The smallest absolute Gasteiger partial charge is 0.274 e. The first kappa shape index (κ1) is 8.92. The molecule has 0 spiro atoms. The van der Waals surface area contributed by atoms with Gasteiger partial charge in [0, 0.05) is 6.04 Å². The molecule has 1 aliphatic rings. The third-order valence-electron chi connectivity index (χ3n) is 1.70. The van der Waals surface area contributed by atoms with Crippen molar-refractivity contribution in [2.45, 2.75) is 18.9 Å². The molecule has 0 radical (unpaired) electrons. The SMILES string of the molecule is NS(=O)(=O)NC(CO)C1CC1. The number of aliphatic hydroxyl groups excluding tert-OH is 1. The van der Waals surface area contributed by atoms with E-state index in [2.05, 4.69) is 4.72 Å². The van der Waals surface area contributed by atoms with Crippen molar-refractivity contribution in [3.63, 3.8) is 0 Å². The molecule has 66 valence electrons. The Morgan fingerprint density at radius 2 is 2.18 bits per heavy atom. The van der Waals surface area contributed by atoms with Crippen molar-refractivity contribution >= 4 is 10.2 Å². The summed E-state index contributed by atoms with van der Waals surface area (Å²) < 4.78 is 23.1. The Hall–Kier alpha value is -0.170. The highest BCUT2D eigenvalue weighted by atomic mass is 32.2. The first-order chi connectivity index (χ1) is 5.03. The lowest BCUT2D eigenvalue weighted by Gasteiger charge is -2.12. The molecule has 4 N–H and O–H groups in total. The molecule has 11 heavy (non-hydrogen) atoms. The average molecular weight is 180 g/mol. The zero-order valence-electron chi connectivity index (χ0n) is 6.03. The molecule has 0 saturated heterocycles. The van der Waals surface area contributed by atoms with Crippen LogP contribution in [0.1, 0.15) is 12.8 Å². The van der Waals surface area contributed by atoms with E-state index in [-0.39, 0.29) is 18.6 Å². The standard InChI is InChI=1S/C5H12N2O3S/c6-11(9,10)7-5(3-8)4-1-2-4/h4-5,7-8H,1-3H2,(H2,6,9,10). The summed E-state index contributed by atoms with van der Waals surface area (Å²) in [5.41, 5.74) is 0. The van der Waals surface area contributed by atoms with Crippen molar-refractivity contribution in [2.24, 2.45) is 11.1 Å². The van der Waals surface area contributed by atoms with Crippen LogP contribution >= 0.6 is 0 Å². The summed E-state index contributed by atoms with van der Waals surface area (Å²) in [6.45, 7) is -0.179. The monoisotopic (exact) mass is 180 g/mol. The van der Waals surface area contributed by atoms with Crippen molar-refractivity contribution < 1.29 is 13.5 Å². The summed E-state index contributed by atoms with van der Waals surface area (Å²) in [5.74, 6) is 0.276. The largest absolute Gasteiger partial charge is 0.395 e. The molecule has 0 aliphatic heterocycles. The van der Waals surface area contributed by atoms with Crippen LogP contribution in [0.3, 0.4) is 0 Å². The van der Waals surface area contributed by atoms with Gasteiger partial charge in [-0.3, -0.25) is 0 Å². The molecule has 5 nitrogen and oxygen atoms in total. The van der Waals surface area contributed by atoms with Crippen LogP contribution in [0.2, 0.25) is 0 Å². The van der Waals surface area contributed by atoms with Gasteiger partial charge in [-0.2, -0.15) is 13.1 Å². The minimum absolute atomic E-state index is 0.179. The van der Waals surface area contributed by atoms with Crippen LogP contribution in [0.5, 0.6) is 0 Å². The maximum absolute atomic E-state index is 10.5. The van der Waals surface area contributed by atoms with E-state index in [1.807, 2.05) is 0 Å². The lowest BCUT2D eigenvalue weighted by molar-refractivity contribution is 0.244. The Bertz CT molecular complexity index is 222. The Labute approximate surface area is 65.8 Å². The van der Waals surface area contributed by atoms with Crippen LogP contribution in [0.15, 0.2) is 0 Å². The van der Waals surface area contributed by atoms with Gasteiger partial charge < -0.3 is 5.11 Å². The molecule has 1 aliphatic carbocycles. The van der Waals surface area contributed by atoms with E-state index in [0.717, 1.165) is 12.8 Å². The average Bonchev–Trinajstić information content (AvgIpc) is 2.61. The Kier molecular flexibility index (Phi) is 2.48. The first-order valence-electron chi connectivity index (χ1n) is 3.44. The highest BCUT2D eigenvalue weighted by Crippen LogP contribution is 2.32. The lowest BCUT2D eigenvalue weighted by Crippen LogP contribution is -2.42. The van der Waals surface area contributed by atoms with Crippen LogP contribution in [0.4, 0.5) is 0 Å². The topological polar surface area (TPSA) is 92.4 Å². The van der Waals surface area contributed by atoms with E-state index >= 15 is 0 Å². The van der Waals surface area contributed by atoms with Crippen molar-refractivity contribution in [1.82, 2.24) is 4.72 Å². The molecule has 1 saturated carbocycles. The summed E-state index contributed by atoms with van der Waals surface area (Å²) in [5, 5.41) is 13.4. The number of hydrogen-bond donors (Lipinski definition) is 3. The Morgan fingerprint density at radius 3 is 2.45 bits per heavy atom. The predicted octanol–water partition coefficient (Wildman–Crippen LogP) is -1.45. The van der Waals surface area contributed by atoms with E-state index in [1.54, 1.807) is 0 Å². The highest BCUT2D eigenvalue weighted by molar-refractivity contribution is 7.87. The molecule has 1 rings (SSSR count). The Balaban J connectivity index is 2.43. The second-order valence-electron chi connectivity index (χ2n) is 2.79. The van der Waals surface area contributed by atoms with E-state index in [4.69, 9.17) is 10.2 Å². The molecular weight excluding hydrogens is 168 g/mol. The fourth-order valence-corrected chi connectivity index (χ4v) is 1.68. The molecule has 0 bridgehead atoms. The van der Waals surface area contributed by atoms with E-state index in [9.17, 15) is 8.42 Å². The van der Waals surface area contributed by atoms with Crippen molar-refractivity contribution in [3.05, 3.63) is 0 Å². The van der Waals surface area contributed by atoms with E-state index < -0.39 is 10.2 Å². The van der Waals surface area contributed by atoms with E-state index in [0.29, 0.717) is 0 Å². The van der Waals surface area contributed by atoms with E-state index in [1.165, 1.54) is 0 Å². The fraction of sp³-hybridized carbons (Fsp3) is 1.00. The number of nitrogens with one attached hydrogen (secondary N) is 1. The summed E-state index contributed by atoms with van der Waals surface area (Å²) >= 11 is 0. The quantitative estimate of drug-likeness (QED) is 0.494. The van der Waals surface area contributed by atoms with Gasteiger partial charge in [0.2, 0.25) is 0 Å². The molecule has 0 aromatic heterocycles. The molecule has 0 heterocycles. The van der Waals surface area contributed by atoms with Crippen LogP contribution in [0.25, 0.3) is 0 Å². The molecule has 1 atom stereocenters. The number of nitrogens with two attached hydrogens (primary N) is 1. The van der Waals surface area contributed by atoms with Gasteiger partial charge in [0.05, 0.1) is 6.61 Å². The van der Waals surface area contributed by atoms with Gasteiger partial charge in [-0.15, -0.1) is 0 Å². The number of aliphatic hydroxyl groups is 1. The maximum Gasteiger partial charge on any atom is 0.274 e. The molecule has 0 aromatic rings. The van der Waals surface area contributed by atoms with Gasteiger partial charge in [-0.05, 0) is 18.8 Å². The normalized spacial score (nSPS) is 21.6. The van der Waals surface area contributed by atoms with Crippen molar-refractivity contribution in [3.8, 4) is 0 Å². The second-order valence-corrected chi connectivity index (χ2v) is 4.12. The van der Waals surface area contributed by atoms with Gasteiger partial charge in [0.15, 0.2) is 0 Å². The zero-order chi connectivity index (χ0) is 8.48. The molecule has 0 aromatic carbocycles. The molecule has 1 unspecified atom stereocenters. The van der Waals surface area contributed by atoms with Gasteiger partial charge in [-0.1, -0.05) is 0 Å². The number of hydrogen-bond acceptors (Lipinski definition) is 3. The van der Waals surface area contributed by atoms with Crippen LogP contribution in [-0.2, 0) is 10.2 Å². The maximum atomic E-state index is 10.5. The molecule has 0 amide bonds. The van der Waals surface area contributed by atoms with Gasteiger partial charge in [-0.25, -0.2) is 5.14 Å². The summed E-state index contributed by atoms with van der Waals surface area (Å²) in [6.07, 6.45) is 1.93. The molecule has 6 heteroatoms.